The highest BCUT2D eigenvalue weighted by Gasteiger charge is 2.30. The van der Waals surface area contributed by atoms with Crippen molar-refractivity contribution in [2.24, 2.45) is 0 Å². The second-order valence-electron chi connectivity index (χ2n) is 9.36. The number of benzene rings is 1. The molecule has 0 radical (unpaired) electrons. The van der Waals surface area contributed by atoms with Crippen LogP contribution in [0.3, 0.4) is 0 Å². The van der Waals surface area contributed by atoms with Crippen molar-refractivity contribution in [1.82, 2.24) is 19.4 Å². The Morgan fingerprint density at radius 3 is 2.81 bits per heavy atom. The van der Waals surface area contributed by atoms with E-state index < -0.39 is 5.82 Å². The number of halogens is 2. The lowest BCUT2D eigenvalue weighted by molar-refractivity contribution is 0.00457. The molecule has 6 rings (SSSR count). The van der Waals surface area contributed by atoms with Gasteiger partial charge < -0.3 is 9.47 Å². The van der Waals surface area contributed by atoms with Crippen molar-refractivity contribution in [3.63, 3.8) is 0 Å². The van der Waals surface area contributed by atoms with E-state index in [4.69, 9.17) is 31.0 Å². The van der Waals surface area contributed by atoms with Crippen LogP contribution < -0.4 is 5.56 Å². The molecule has 9 heteroatoms. The first-order valence-corrected chi connectivity index (χ1v) is 12.3. The predicted octanol–water partition coefficient (Wildman–Crippen LogP) is 5.48. The highest BCUT2D eigenvalue weighted by Crippen LogP contribution is 2.38. The van der Waals surface area contributed by atoms with Gasteiger partial charge >= 0.3 is 0 Å². The summed E-state index contributed by atoms with van der Waals surface area (Å²) in [6.45, 7) is 4.60. The van der Waals surface area contributed by atoms with Gasteiger partial charge in [0, 0.05) is 41.2 Å². The summed E-state index contributed by atoms with van der Waals surface area (Å²) >= 11 is 6.01. The Bertz CT molecular complexity index is 1560. The van der Waals surface area contributed by atoms with Gasteiger partial charge in [-0.25, -0.2) is 18.8 Å². The molecule has 0 spiro atoms. The van der Waals surface area contributed by atoms with Crippen molar-refractivity contribution in [1.29, 1.82) is 0 Å². The highest BCUT2D eigenvalue weighted by molar-refractivity contribution is 6.30. The number of hydrogen-bond acceptors (Lipinski definition) is 6. The molecule has 0 aliphatic carbocycles. The molecule has 1 fully saturated rings. The van der Waals surface area contributed by atoms with Crippen LogP contribution in [0.4, 0.5) is 4.39 Å². The lowest BCUT2D eigenvalue weighted by Crippen LogP contribution is -2.25. The number of hydrogen-bond donors (Lipinski definition) is 0. The van der Waals surface area contributed by atoms with Crippen LogP contribution in [0.2, 0.25) is 5.02 Å². The predicted molar refractivity (Wildman–Crippen MR) is 133 cm³/mol. The Labute approximate surface area is 211 Å². The van der Waals surface area contributed by atoms with Crippen molar-refractivity contribution in [2.45, 2.75) is 51.4 Å². The molecular weight excluding hydrogens is 483 g/mol. The van der Waals surface area contributed by atoms with Crippen LogP contribution in [0.5, 0.6) is 0 Å². The van der Waals surface area contributed by atoms with Crippen molar-refractivity contribution in [2.75, 3.05) is 6.61 Å². The quantitative estimate of drug-likeness (QED) is 0.366. The fourth-order valence-corrected chi connectivity index (χ4v) is 5.33. The van der Waals surface area contributed by atoms with Gasteiger partial charge in [-0.1, -0.05) is 11.6 Å². The Morgan fingerprint density at radius 1 is 1.14 bits per heavy atom. The summed E-state index contributed by atoms with van der Waals surface area (Å²) in [5.41, 5.74) is 4.16. The largest absolute Gasteiger partial charge is 0.373 e. The summed E-state index contributed by atoms with van der Waals surface area (Å²) in [6.07, 6.45) is 2.74. The van der Waals surface area contributed by atoms with E-state index in [2.05, 4.69) is 4.98 Å². The average molecular weight is 507 g/mol. The van der Waals surface area contributed by atoms with E-state index in [1.807, 2.05) is 32.0 Å². The molecule has 3 atom stereocenters. The van der Waals surface area contributed by atoms with Crippen molar-refractivity contribution in [3.05, 3.63) is 92.0 Å². The van der Waals surface area contributed by atoms with E-state index >= 15 is 4.39 Å². The standard InChI is InChI=1S/C27H24ClFN4O3/c1-14-9-17(5-7-30-14)23-10-16(6-8-35-23)21-12-24-31-22-13-36-15(2)25(22)27(34)33(24)26(32-21)19-4-3-18(28)11-20(19)29/h3-5,7,9,11-12,15-16,23H,6,8,10,13H2,1-2H3/t15?,16-,23+/m1/s1. The Hall–Kier alpha value is -3.20. The van der Waals surface area contributed by atoms with Gasteiger partial charge in [-0.05, 0) is 62.6 Å². The third-order valence-electron chi connectivity index (χ3n) is 6.99. The number of aryl methyl sites for hydroxylation is 1. The molecular formula is C27H24ClFN4O3. The zero-order valence-electron chi connectivity index (χ0n) is 19.9. The summed E-state index contributed by atoms with van der Waals surface area (Å²) in [6, 6.07) is 10.2. The zero-order valence-corrected chi connectivity index (χ0v) is 20.6. The van der Waals surface area contributed by atoms with Crippen molar-refractivity contribution < 1.29 is 13.9 Å². The zero-order chi connectivity index (χ0) is 25.0. The summed E-state index contributed by atoms with van der Waals surface area (Å²) < 4.78 is 28.3. The normalized spacial score (nSPS) is 21.6. The van der Waals surface area contributed by atoms with Crippen LogP contribution in [0.25, 0.3) is 17.0 Å². The minimum Gasteiger partial charge on any atom is -0.373 e. The van der Waals surface area contributed by atoms with Crippen LogP contribution in [-0.4, -0.2) is 26.0 Å². The van der Waals surface area contributed by atoms with Gasteiger partial charge in [-0.2, -0.15) is 0 Å². The van der Waals surface area contributed by atoms with E-state index in [1.165, 1.54) is 10.5 Å². The molecule has 1 saturated heterocycles. The van der Waals surface area contributed by atoms with Gasteiger partial charge in [0.05, 0.1) is 35.6 Å². The molecule has 0 amide bonds. The first kappa shape index (κ1) is 23.2. The number of fused-ring (bicyclic) bond motifs is 2. The minimum absolute atomic E-state index is 0.0386. The summed E-state index contributed by atoms with van der Waals surface area (Å²) in [5, 5.41) is 0.269. The first-order chi connectivity index (χ1) is 17.4. The molecule has 2 aliphatic rings. The minimum atomic E-state index is -0.553. The molecule has 1 aromatic carbocycles. The number of ether oxygens (including phenoxy) is 2. The Morgan fingerprint density at radius 2 is 2.00 bits per heavy atom. The number of aromatic nitrogens is 4. The molecule has 36 heavy (non-hydrogen) atoms. The third kappa shape index (κ3) is 3.99. The number of nitrogens with zero attached hydrogens (tertiary/aromatic N) is 4. The molecule has 0 saturated carbocycles. The van der Waals surface area contributed by atoms with Gasteiger partial charge in [0.1, 0.15) is 11.5 Å². The summed E-state index contributed by atoms with van der Waals surface area (Å²) in [5.74, 6) is -0.308. The van der Waals surface area contributed by atoms with Gasteiger partial charge in [-0.15, -0.1) is 0 Å². The van der Waals surface area contributed by atoms with Crippen LogP contribution in [-0.2, 0) is 16.1 Å². The van der Waals surface area contributed by atoms with E-state index in [0.29, 0.717) is 29.9 Å². The molecule has 0 N–H and O–H groups in total. The maximum atomic E-state index is 15.1. The topological polar surface area (TPSA) is 78.6 Å². The molecule has 7 nitrogen and oxygen atoms in total. The second-order valence-corrected chi connectivity index (χ2v) is 9.80. The maximum absolute atomic E-state index is 15.1. The summed E-state index contributed by atoms with van der Waals surface area (Å²) in [4.78, 5) is 27.5. The molecule has 184 valence electrons. The van der Waals surface area contributed by atoms with E-state index in [0.717, 1.165) is 23.4 Å². The van der Waals surface area contributed by atoms with Gasteiger partial charge in [0.2, 0.25) is 0 Å². The Kier molecular flexibility index (Phi) is 5.82. The fraction of sp³-hybridized carbons (Fsp3) is 0.333. The third-order valence-corrected chi connectivity index (χ3v) is 7.23. The van der Waals surface area contributed by atoms with Crippen molar-refractivity contribution in [3.8, 4) is 11.4 Å². The van der Waals surface area contributed by atoms with Crippen LogP contribution >= 0.6 is 11.6 Å². The van der Waals surface area contributed by atoms with Crippen LogP contribution in [0.15, 0.2) is 47.4 Å². The van der Waals surface area contributed by atoms with Crippen LogP contribution in [0, 0.1) is 12.7 Å². The van der Waals surface area contributed by atoms with Gasteiger partial charge in [0.25, 0.3) is 5.56 Å². The second kappa shape index (κ2) is 9.03. The lowest BCUT2D eigenvalue weighted by Gasteiger charge is -2.30. The molecule has 3 aromatic heterocycles. The van der Waals surface area contributed by atoms with Crippen LogP contribution in [0.1, 0.15) is 66.1 Å². The SMILES string of the molecule is Cc1cc([C@@H]2C[C@H](c3cc4nc5c(c(=O)n4c(-c4ccc(Cl)cc4F)n3)C(C)OC5)CCO2)ccn1. The average Bonchev–Trinajstić information content (AvgIpc) is 3.24. The molecule has 2 aliphatic heterocycles. The number of pyridine rings is 1. The van der Waals surface area contributed by atoms with E-state index in [-0.39, 0.29) is 46.7 Å². The molecule has 0 bridgehead atoms. The van der Waals surface area contributed by atoms with Crippen molar-refractivity contribution >= 4 is 17.2 Å². The van der Waals surface area contributed by atoms with Gasteiger partial charge in [0.15, 0.2) is 5.82 Å². The lowest BCUT2D eigenvalue weighted by atomic mass is 9.89. The molecule has 1 unspecified atom stereocenters. The van der Waals surface area contributed by atoms with E-state index in [1.54, 1.807) is 18.3 Å². The first-order valence-electron chi connectivity index (χ1n) is 12.0. The van der Waals surface area contributed by atoms with Gasteiger partial charge in [-0.3, -0.25) is 9.78 Å². The molecule has 4 aromatic rings. The Balaban J connectivity index is 1.52. The highest BCUT2D eigenvalue weighted by atomic mass is 35.5. The van der Waals surface area contributed by atoms with E-state index in [9.17, 15) is 4.79 Å². The fourth-order valence-electron chi connectivity index (χ4n) is 5.17. The maximum Gasteiger partial charge on any atom is 0.265 e. The summed E-state index contributed by atoms with van der Waals surface area (Å²) in [7, 11) is 0. The molecule has 5 heterocycles. The smallest absolute Gasteiger partial charge is 0.265 e. The number of rotatable bonds is 3. The monoisotopic (exact) mass is 506 g/mol.